The van der Waals surface area contributed by atoms with Crippen LogP contribution in [0.2, 0.25) is 0 Å². The number of nitrogen functional groups attached to an aromatic ring is 1. The lowest BCUT2D eigenvalue weighted by Gasteiger charge is -2.17. The first kappa shape index (κ1) is 13.2. The van der Waals surface area contributed by atoms with Gasteiger partial charge in [-0.25, -0.2) is 15.0 Å². The van der Waals surface area contributed by atoms with Crippen molar-refractivity contribution in [2.75, 3.05) is 12.8 Å². The van der Waals surface area contributed by atoms with Crippen LogP contribution in [0.25, 0.3) is 11.2 Å². The molecular weight excluding hydrogens is 262 g/mol. The molecule has 0 saturated carbocycles. The summed E-state index contributed by atoms with van der Waals surface area (Å²) in [6.45, 7) is 1.98. The molecule has 4 atom stereocenters. The minimum atomic E-state index is -0.793. The third-order valence-electron chi connectivity index (χ3n) is 3.65. The Morgan fingerprint density at radius 2 is 2.25 bits per heavy atom. The molecule has 0 aliphatic carbocycles. The lowest BCUT2D eigenvalue weighted by molar-refractivity contribution is -0.0356. The third kappa shape index (κ3) is 1.84. The summed E-state index contributed by atoms with van der Waals surface area (Å²) in [5, 5.41) is 10.4. The molecule has 1 fully saturated rings. The normalized spacial score (nSPS) is 30.1. The topological polar surface area (TPSA) is 108 Å². The first-order valence-corrected chi connectivity index (χ1v) is 6.46. The van der Waals surface area contributed by atoms with E-state index in [1.165, 1.54) is 6.33 Å². The summed E-state index contributed by atoms with van der Waals surface area (Å²) in [6.07, 6.45) is 1.73. The second-order valence-electron chi connectivity index (χ2n) is 4.75. The molecule has 1 aliphatic rings. The monoisotopic (exact) mass is 279 g/mol. The number of hydrogen-bond acceptors (Lipinski definition) is 7. The van der Waals surface area contributed by atoms with Crippen molar-refractivity contribution < 1.29 is 14.6 Å². The van der Waals surface area contributed by atoms with Crippen molar-refractivity contribution in [3.63, 3.8) is 0 Å². The van der Waals surface area contributed by atoms with E-state index in [4.69, 9.17) is 15.2 Å². The molecule has 2 aromatic heterocycles. The van der Waals surface area contributed by atoms with E-state index < -0.39 is 12.3 Å². The van der Waals surface area contributed by atoms with Crippen LogP contribution < -0.4 is 5.73 Å². The van der Waals surface area contributed by atoms with Gasteiger partial charge >= 0.3 is 0 Å². The molecule has 1 saturated heterocycles. The molecule has 3 heterocycles. The average molecular weight is 279 g/mol. The zero-order valence-electron chi connectivity index (χ0n) is 11.3. The maximum atomic E-state index is 10.4. The molecule has 3 N–H and O–H groups in total. The molecule has 2 aromatic rings. The van der Waals surface area contributed by atoms with E-state index in [0.29, 0.717) is 17.0 Å². The van der Waals surface area contributed by atoms with Gasteiger partial charge in [0.25, 0.3) is 0 Å². The second-order valence-corrected chi connectivity index (χ2v) is 4.75. The van der Waals surface area contributed by atoms with Crippen LogP contribution in [0.1, 0.15) is 19.6 Å². The van der Waals surface area contributed by atoms with Gasteiger partial charge in [0.2, 0.25) is 0 Å². The molecule has 0 spiro atoms. The van der Waals surface area contributed by atoms with Crippen LogP contribution in [-0.2, 0) is 9.47 Å². The molecule has 8 nitrogen and oxygen atoms in total. The Kier molecular flexibility index (Phi) is 3.28. The molecule has 0 bridgehead atoms. The molecule has 1 aliphatic heterocycles. The van der Waals surface area contributed by atoms with Crippen LogP contribution in [0.5, 0.6) is 0 Å². The van der Waals surface area contributed by atoms with Crippen molar-refractivity contribution in [3.8, 4) is 0 Å². The Balaban J connectivity index is 2.01. The van der Waals surface area contributed by atoms with E-state index >= 15 is 0 Å². The van der Waals surface area contributed by atoms with Gasteiger partial charge in [0.05, 0.1) is 12.4 Å². The Labute approximate surface area is 115 Å². The fourth-order valence-corrected chi connectivity index (χ4v) is 2.63. The summed E-state index contributed by atoms with van der Waals surface area (Å²) in [5.74, 6) is 0.302. The van der Waals surface area contributed by atoms with Crippen molar-refractivity contribution in [2.24, 2.45) is 0 Å². The van der Waals surface area contributed by atoms with Crippen molar-refractivity contribution in [1.82, 2.24) is 19.5 Å². The predicted octanol–water partition coefficient (Wildman–Crippen LogP) is 0.0918. The number of rotatable bonds is 3. The molecule has 108 valence electrons. The van der Waals surface area contributed by atoms with Gasteiger partial charge in [-0.1, -0.05) is 6.92 Å². The van der Waals surface area contributed by atoms with Gasteiger partial charge in [0.1, 0.15) is 24.1 Å². The highest BCUT2D eigenvalue weighted by Crippen LogP contribution is 2.34. The van der Waals surface area contributed by atoms with Crippen LogP contribution in [0.4, 0.5) is 5.82 Å². The summed E-state index contributed by atoms with van der Waals surface area (Å²) >= 11 is 0. The van der Waals surface area contributed by atoms with E-state index in [9.17, 15) is 5.11 Å². The molecule has 20 heavy (non-hydrogen) atoms. The molecule has 1 unspecified atom stereocenters. The van der Waals surface area contributed by atoms with E-state index in [-0.39, 0.29) is 12.2 Å². The van der Waals surface area contributed by atoms with Gasteiger partial charge in [0, 0.05) is 7.11 Å². The van der Waals surface area contributed by atoms with Crippen LogP contribution in [-0.4, -0.2) is 50.0 Å². The van der Waals surface area contributed by atoms with Crippen molar-refractivity contribution >= 4 is 17.0 Å². The number of fused-ring (bicyclic) bond motifs is 1. The van der Waals surface area contributed by atoms with Crippen LogP contribution in [0, 0.1) is 0 Å². The molecule has 0 aromatic carbocycles. The zero-order valence-corrected chi connectivity index (χ0v) is 11.3. The number of aliphatic hydroxyl groups is 1. The molecule has 8 heteroatoms. The van der Waals surface area contributed by atoms with E-state index in [0.717, 1.165) is 6.42 Å². The first-order valence-electron chi connectivity index (χ1n) is 6.46. The Morgan fingerprint density at radius 3 is 2.90 bits per heavy atom. The van der Waals surface area contributed by atoms with Crippen LogP contribution in [0.3, 0.4) is 0 Å². The highest BCUT2D eigenvalue weighted by atomic mass is 16.6. The molecule has 3 rings (SSSR count). The molecular formula is C12H17N5O3. The summed E-state index contributed by atoms with van der Waals surface area (Å²) in [4.78, 5) is 12.2. The number of methoxy groups -OCH3 is 1. The number of aromatic nitrogens is 4. The minimum absolute atomic E-state index is 0.170. The summed E-state index contributed by atoms with van der Waals surface area (Å²) in [7, 11) is 1.56. The van der Waals surface area contributed by atoms with E-state index in [2.05, 4.69) is 15.0 Å². The van der Waals surface area contributed by atoms with Crippen molar-refractivity contribution in [2.45, 2.75) is 37.9 Å². The number of imidazole rings is 1. The third-order valence-corrected chi connectivity index (χ3v) is 3.65. The highest BCUT2D eigenvalue weighted by molar-refractivity contribution is 5.81. The lowest BCUT2D eigenvalue weighted by atomic mass is 10.1. The average Bonchev–Trinajstić information content (AvgIpc) is 3.00. The Morgan fingerprint density at radius 1 is 1.45 bits per heavy atom. The smallest absolute Gasteiger partial charge is 0.167 e. The van der Waals surface area contributed by atoms with Gasteiger partial charge in [-0.2, -0.15) is 0 Å². The maximum absolute atomic E-state index is 10.4. The van der Waals surface area contributed by atoms with Gasteiger partial charge in [-0.05, 0) is 6.42 Å². The number of aliphatic hydroxyl groups excluding tert-OH is 1. The molecule has 0 radical (unpaired) electrons. The van der Waals surface area contributed by atoms with Gasteiger partial charge < -0.3 is 20.3 Å². The zero-order chi connectivity index (χ0) is 14.3. The number of ether oxygens (including phenoxy) is 2. The SMILES string of the molecule is CC[C@H]1O[C@@H](n2cnc3c(N)ncnc32)[C@@H](O)C1OC. The maximum Gasteiger partial charge on any atom is 0.167 e. The second kappa shape index (κ2) is 4.97. The Hall–Kier alpha value is -1.77. The fraction of sp³-hybridized carbons (Fsp3) is 0.583. The van der Waals surface area contributed by atoms with Gasteiger partial charge in [-0.3, -0.25) is 4.57 Å². The highest BCUT2D eigenvalue weighted by Gasteiger charge is 2.44. The summed E-state index contributed by atoms with van der Waals surface area (Å²) in [5.41, 5.74) is 6.79. The minimum Gasteiger partial charge on any atom is -0.386 e. The summed E-state index contributed by atoms with van der Waals surface area (Å²) < 4.78 is 12.9. The summed E-state index contributed by atoms with van der Waals surface area (Å²) in [6, 6.07) is 0. The number of nitrogens with zero attached hydrogens (tertiary/aromatic N) is 4. The predicted molar refractivity (Wildman–Crippen MR) is 70.7 cm³/mol. The van der Waals surface area contributed by atoms with Crippen molar-refractivity contribution in [3.05, 3.63) is 12.7 Å². The van der Waals surface area contributed by atoms with E-state index in [1.807, 2.05) is 6.92 Å². The lowest BCUT2D eigenvalue weighted by Crippen LogP contribution is -2.33. The van der Waals surface area contributed by atoms with Gasteiger partial charge in [0.15, 0.2) is 17.7 Å². The fourth-order valence-electron chi connectivity index (χ4n) is 2.63. The standard InChI is InChI=1S/C12H17N5O3/c1-3-6-9(19-2)8(18)12(20-6)17-5-16-7-10(13)14-4-15-11(7)17/h4-6,8-9,12,18H,3H2,1-2H3,(H2,13,14,15)/t6-,8+,9?,12-/m1/s1. The van der Waals surface area contributed by atoms with Crippen LogP contribution >= 0.6 is 0 Å². The van der Waals surface area contributed by atoms with Gasteiger partial charge in [-0.15, -0.1) is 0 Å². The van der Waals surface area contributed by atoms with Crippen molar-refractivity contribution in [1.29, 1.82) is 0 Å². The number of nitrogens with two attached hydrogens (primary N) is 1. The van der Waals surface area contributed by atoms with E-state index in [1.54, 1.807) is 18.0 Å². The number of hydrogen-bond donors (Lipinski definition) is 2. The Bertz CT molecular complexity index is 616. The van der Waals surface area contributed by atoms with Crippen LogP contribution in [0.15, 0.2) is 12.7 Å². The quantitative estimate of drug-likeness (QED) is 0.819. The molecule has 0 amide bonds. The first-order chi connectivity index (χ1) is 9.67. The number of anilines is 1. The largest absolute Gasteiger partial charge is 0.386 e.